The molecule has 1 amide bonds. The predicted octanol–water partition coefficient (Wildman–Crippen LogP) is 5.69. The van der Waals surface area contributed by atoms with Crippen molar-refractivity contribution >= 4 is 17.5 Å². The predicted molar refractivity (Wildman–Crippen MR) is 134 cm³/mol. The van der Waals surface area contributed by atoms with Gasteiger partial charge in [0.05, 0.1) is 23.4 Å². The summed E-state index contributed by atoms with van der Waals surface area (Å²) in [6, 6.07) is 10.8. The fourth-order valence-corrected chi connectivity index (χ4v) is 4.92. The number of hydrogen-bond donors (Lipinski definition) is 0. The molecule has 10 heteroatoms. The highest BCUT2D eigenvalue weighted by molar-refractivity contribution is 6.30. The van der Waals surface area contributed by atoms with Crippen molar-refractivity contribution in [2.75, 3.05) is 13.1 Å². The van der Waals surface area contributed by atoms with E-state index in [1.165, 1.54) is 6.07 Å². The van der Waals surface area contributed by atoms with Crippen LogP contribution in [0, 0.1) is 25.5 Å². The Kier molecular flexibility index (Phi) is 6.97. The van der Waals surface area contributed by atoms with Gasteiger partial charge in [0, 0.05) is 35.2 Å². The zero-order valence-corrected chi connectivity index (χ0v) is 21.1. The van der Waals surface area contributed by atoms with E-state index in [4.69, 9.17) is 21.0 Å². The number of aryl methyl sites for hydroxylation is 2. The van der Waals surface area contributed by atoms with Crippen LogP contribution >= 0.6 is 11.6 Å². The van der Waals surface area contributed by atoms with Crippen molar-refractivity contribution in [2.24, 2.45) is 0 Å². The van der Waals surface area contributed by atoms with Gasteiger partial charge in [0.25, 0.3) is 5.89 Å². The fraction of sp³-hybridized carbons (Fsp3) is 0.296. The lowest BCUT2D eigenvalue weighted by molar-refractivity contribution is -0.131. The molecule has 5 rings (SSSR count). The second-order valence-electron chi connectivity index (χ2n) is 9.07. The first-order chi connectivity index (χ1) is 17.8. The average molecular weight is 524 g/mol. The van der Waals surface area contributed by atoms with Crippen molar-refractivity contribution in [1.82, 2.24) is 25.1 Å². The van der Waals surface area contributed by atoms with Gasteiger partial charge in [-0.05, 0) is 57.0 Å². The third-order valence-corrected chi connectivity index (χ3v) is 6.80. The van der Waals surface area contributed by atoms with Gasteiger partial charge in [-0.1, -0.05) is 23.7 Å². The van der Waals surface area contributed by atoms with E-state index in [1.54, 1.807) is 17.0 Å². The van der Waals surface area contributed by atoms with Gasteiger partial charge < -0.3 is 9.32 Å². The van der Waals surface area contributed by atoms with Crippen molar-refractivity contribution in [3.63, 3.8) is 0 Å². The molecule has 1 saturated heterocycles. The topological polar surface area (TPSA) is 85.0 Å². The summed E-state index contributed by atoms with van der Waals surface area (Å²) in [5, 5.41) is 9.03. The summed E-state index contributed by atoms with van der Waals surface area (Å²) < 4.78 is 34.1. The van der Waals surface area contributed by atoms with Gasteiger partial charge in [0.2, 0.25) is 11.8 Å². The molecule has 0 bridgehead atoms. The van der Waals surface area contributed by atoms with Crippen molar-refractivity contribution in [2.45, 2.75) is 39.0 Å². The molecule has 0 atom stereocenters. The van der Waals surface area contributed by atoms with Crippen LogP contribution in [0.15, 0.2) is 46.9 Å². The van der Waals surface area contributed by atoms with E-state index < -0.39 is 11.6 Å². The molecule has 1 aliphatic heterocycles. The Balaban J connectivity index is 1.36. The smallest absolute Gasteiger partial charge is 0.251 e. The molecule has 1 fully saturated rings. The summed E-state index contributed by atoms with van der Waals surface area (Å²) in [5.41, 5.74) is 2.70. The summed E-state index contributed by atoms with van der Waals surface area (Å²) in [7, 11) is 0. The van der Waals surface area contributed by atoms with Gasteiger partial charge in [-0.2, -0.15) is 0 Å². The fourth-order valence-electron chi connectivity index (χ4n) is 4.73. The van der Waals surface area contributed by atoms with Gasteiger partial charge in [-0.3, -0.25) is 4.79 Å². The largest absolute Gasteiger partial charge is 0.416 e. The number of halogens is 3. The SMILES string of the molecule is Cc1nc(C)c(-c2nnc(-c3cccc(Cl)c3)o2)c(C2CCN(C(=O)Cc3c(F)cccc3F)CC2)n1. The van der Waals surface area contributed by atoms with E-state index in [2.05, 4.69) is 15.2 Å². The summed E-state index contributed by atoms with van der Waals surface area (Å²) in [5.74, 6) is -0.431. The molecule has 1 aliphatic rings. The van der Waals surface area contributed by atoms with Crippen molar-refractivity contribution < 1.29 is 18.0 Å². The quantitative estimate of drug-likeness (QED) is 0.334. The van der Waals surface area contributed by atoms with Crippen LogP contribution in [0.5, 0.6) is 0 Å². The summed E-state index contributed by atoms with van der Waals surface area (Å²) >= 11 is 6.11. The second kappa shape index (κ2) is 10.3. The van der Waals surface area contributed by atoms with Crippen LogP contribution < -0.4 is 0 Å². The lowest BCUT2D eigenvalue weighted by Crippen LogP contribution is -2.39. The highest BCUT2D eigenvalue weighted by Gasteiger charge is 2.30. The Hall–Kier alpha value is -3.72. The third kappa shape index (κ3) is 5.22. The van der Waals surface area contributed by atoms with E-state index in [1.807, 2.05) is 26.0 Å². The van der Waals surface area contributed by atoms with E-state index in [9.17, 15) is 13.6 Å². The van der Waals surface area contributed by atoms with Crippen molar-refractivity contribution in [3.8, 4) is 22.9 Å². The Morgan fingerprint density at radius 1 is 1.03 bits per heavy atom. The molecule has 4 aromatic rings. The number of carbonyl (C=O) groups excluding carboxylic acids is 1. The molecular formula is C27H24ClF2N5O2. The maximum absolute atomic E-state index is 14.0. The molecule has 0 spiro atoms. The maximum atomic E-state index is 14.0. The van der Waals surface area contributed by atoms with Crippen molar-refractivity contribution in [1.29, 1.82) is 0 Å². The number of hydrogen-bond acceptors (Lipinski definition) is 6. The summed E-state index contributed by atoms with van der Waals surface area (Å²) in [6.45, 7) is 4.59. The van der Waals surface area contributed by atoms with Crippen LogP contribution in [0.3, 0.4) is 0 Å². The number of nitrogens with zero attached hydrogens (tertiary/aromatic N) is 5. The Labute approximate surface area is 217 Å². The molecule has 37 heavy (non-hydrogen) atoms. The Bertz CT molecular complexity index is 1450. The first-order valence-electron chi connectivity index (χ1n) is 12.0. The molecule has 7 nitrogen and oxygen atoms in total. The molecule has 0 saturated carbocycles. The molecule has 2 aromatic heterocycles. The van der Waals surface area contributed by atoms with Crippen molar-refractivity contribution in [3.05, 3.63) is 81.9 Å². The standard InChI is InChI=1S/C27H24ClF2N5O2/c1-15-24(27-34-33-26(37-27)18-5-3-6-19(28)13-18)25(32-16(2)31-15)17-9-11-35(12-10-17)23(36)14-20-21(29)7-4-8-22(20)30/h3-8,13,17H,9-12,14H2,1-2H3. The number of piperidine rings is 1. The van der Waals surface area contributed by atoms with Gasteiger partial charge in [0.15, 0.2) is 0 Å². The minimum Gasteiger partial charge on any atom is -0.416 e. The lowest BCUT2D eigenvalue weighted by Gasteiger charge is -2.32. The molecular weight excluding hydrogens is 500 g/mol. The highest BCUT2D eigenvalue weighted by atomic mass is 35.5. The zero-order chi connectivity index (χ0) is 26.1. The van der Waals surface area contributed by atoms with E-state index in [0.717, 1.165) is 23.5 Å². The van der Waals surface area contributed by atoms with E-state index >= 15 is 0 Å². The van der Waals surface area contributed by atoms with Crippen LogP contribution in [-0.2, 0) is 11.2 Å². The molecule has 0 aliphatic carbocycles. The van der Waals surface area contributed by atoms with Gasteiger partial charge in [-0.15, -0.1) is 10.2 Å². The number of aromatic nitrogens is 4. The number of amides is 1. The second-order valence-corrected chi connectivity index (χ2v) is 9.51. The molecule has 190 valence electrons. The lowest BCUT2D eigenvalue weighted by atomic mass is 9.89. The molecule has 0 unspecified atom stereocenters. The van der Waals surface area contributed by atoms with Crippen LogP contribution in [0.1, 0.15) is 41.5 Å². The van der Waals surface area contributed by atoms with E-state index in [0.29, 0.717) is 59.7 Å². The Morgan fingerprint density at radius 2 is 1.70 bits per heavy atom. The van der Waals surface area contributed by atoms with Gasteiger partial charge in [0.1, 0.15) is 17.5 Å². The number of likely N-dealkylation sites (tertiary alicyclic amines) is 1. The van der Waals surface area contributed by atoms with Gasteiger partial charge in [-0.25, -0.2) is 18.7 Å². The average Bonchev–Trinajstić information content (AvgIpc) is 3.36. The highest BCUT2D eigenvalue weighted by Crippen LogP contribution is 2.36. The summed E-state index contributed by atoms with van der Waals surface area (Å²) in [6.07, 6.45) is 0.946. The van der Waals surface area contributed by atoms with Crippen LogP contribution in [0.2, 0.25) is 5.02 Å². The number of carbonyl (C=O) groups is 1. The molecule has 3 heterocycles. The maximum Gasteiger partial charge on any atom is 0.251 e. The number of rotatable bonds is 5. The first kappa shape index (κ1) is 25.0. The van der Waals surface area contributed by atoms with Crippen LogP contribution in [0.25, 0.3) is 22.9 Å². The molecule has 0 radical (unpaired) electrons. The molecule has 0 N–H and O–H groups in total. The number of benzene rings is 2. The van der Waals surface area contributed by atoms with E-state index in [-0.39, 0.29) is 23.8 Å². The third-order valence-electron chi connectivity index (χ3n) is 6.56. The van der Waals surface area contributed by atoms with Crippen LogP contribution in [-0.4, -0.2) is 44.1 Å². The van der Waals surface area contributed by atoms with Gasteiger partial charge >= 0.3 is 0 Å². The Morgan fingerprint density at radius 3 is 2.41 bits per heavy atom. The monoisotopic (exact) mass is 523 g/mol. The zero-order valence-electron chi connectivity index (χ0n) is 20.3. The normalized spacial score (nSPS) is 14.2. The van der Waals surface area contributed by atoms with Crippen LogP contribution in [0.4, 0.5) is 8.78 Å². The summed E-state index contributed by atoms with van der Waals surface area (Å²) in [4.78, 5) is 23.7. The minimum absolute atomic E-state index is 0.0196. The minimum atomic E-state index is -0.712. The molecule has 2 aromatic carbocycles. The first-order valence-corrected chi connectivity index (χ1v) is 12.3.